The number of nitrogens with zero attached hydrogens (tertiary/aromatic N) is 1. The first-order valence-corrected chi connectivity index (χ1v) is 4.27. The molecule has 0 spiro atoms. The highest BCUT2D eigenvalue weighted by Crippen LogP contribution is 2.29. The number of hydrogen-bond acceptors (Lipinski definition) is 3. The normalized spacial score (nSPS) is 20.7. The Morgan fingerprint density at radius 2 is 2.27 bits per heavy atom. The third kappa shape index (κ3) is 3.70. The summed E-state index contributed by atoms with van der Waals surface area (Å²) in [6.07, 6.45) is 2.75. The van der Waals surface area contributed by atoms with Crippen LogP contribution in [0.25, 0.3) is 0 Å². The number of aliphatic hydroxyl groups is 1. The Balaban J connectivity index is 2.03. The number of rotatable bonds is 5. The van der Waals surface area contributed by atoms with Gasteiger partial charge in [-0.05, 0) is 25.8 Å². The fourth-order valence-corrected chi connectivity index (χ4v) is 1.27. The van der Waals surface area contributed by atoms with Crippen molar-refractivity contribution in [3.63, 3.8) is 0 Å². The smallest absolute Gasteiger partial charge is 0.0595 e. The second kappa shape index (κ2) is 4.04. The summed E-state index contributed by atoms with van der Waals surface area (Å²) in [7, 11) is 2.06. The van der Waals surface area contributed by atoms with Crippen LogP contribution >= 0.6 is 0 Å². The maximum Gasteiger partial charge on any atom is 0.0595 e. The van der Waals surface area contributed by atoms with Crippen LogP contribution in [0, 0.1) is 5.92 Å². The molecule has 1 aliphatic rings. The predicted octanol–water partition coefficient (Wildman–Crippen LogP) is -0.352. The van der Waals surface area contributed by atoms with E-state index in [0.29, 0.717) is 0 Å². The van der Waals surface area contributed by atoms with E-state index >= 15 is 0 Å². The summed E-state index contributed by atoms with van der Waals surface area (Å²) in [6, 6.07) is -0.0706. The van der Waals surface area contributed by atoms with Crippen LogP contribution < -0.4 is 5.73 Å². The molecular weight excluding hydrogens is 140 g/mol. The maximum absolute atomic E-state index is 8.68. The van der Waals surface area contributed by atoms with Crippen LogP contribution in [-0.4, -0.2) is 42.8 Å². The first-order valence-electron chi connectivity index (χ1n) is 4.27. The number of hydrogen-bond donors (Lipinski definition) is 2. The minimum Gasteiger partial charge on any atom is -0.395 e. The lowest BCUT2D eigenvalue weighted by Gasteiger charge is -2.19. The number of likely N-dealkylation sites (N-methyl/N-ethyl adjacent to an activating group) is 1. The van der Waals surface area contributed by atoms with E-state index in [4.69, 9.17) is 10.8 Å². The maximum atomic E-state index is 8.68. The van der Waals surface area contributed by atoms with E-state index in [2.05, 4.69) is 11.9 Å². The minimum absolute atomic E-state index is 0.0706. The molecule has 0 saturated heterocycles. The monoisotopic (exact) mass is 158 g/mol. The summed E-state index contributed by atoms with van der Waals surface area (Å²) < 4.78 is 0. The van der Waals surface area contributed by atoms with Crippen molar-refractivity contribution in [2.45, 2.75) is 18.9 Å². The molecule has 1 rings (SSSR count). The minimum atomic E-state index is -0.0706. The summed E-state index contributed by atoms with van der Waals surface area (Å²) in [6.45, 7) is 2.05. The third-order valence-electron chi connectivity index (χ3n) is 2.05. The molecule has 1 unspecified atom stereocenters. The lowest BCUT2D eigenvalue weighted by atomic mass is 10.3. The Bertz CT molecular complexity index is 115. The van der Waals surface area contributed by atoms with Gasteiger partial charge in [0.25, 0.3) is 0 Å². The van der Waals surface area contributed by atoms with Gasteiger partial charge in [0.1, 0.15) is 0 Å². The standard InChI is InChI=1S/C8H18N2O/c1-10(4-7-2-3-7)5-8(9)6-11/h7-8,11H,2-6,9H2,1H3. The Hall–Kier alpha value is -0.120. The molecule has 1 aliphatic carbocycles. The molecule has 1 atom stereocenters. The Morgan fingerprint density at radius 1 is 1.64 bits per heavy atom. The van der Waals surface area contributed by atoms with Crippen molar-refractivity contribution < 1.29 is 5.11 Å². The fraction of sp³-hybridized carbons (Fsp3) is 1.00. The summed E-state index contributed by atoms with van der Waals surface area (Å²) in [4.78, 5) is 2.21. The van der Waals surface area contributed by atoms with Gasteiger partial charge in [-0.15, -0.1) is 0 Å². The van der Waals surface area contributed by atoms with Crippen LogP contribution in [0.3, 0.4) is 0 Å². The Morgan fingerprint density at radius 3 is 2.73 bits per heavy atom. The van der Waals surface area contributed by atoms with Gasteiger partial charge in [-0.1, -0.05) is 0 Å². The van der Waals surface area contributed by atoms with Crippen molar-refractivity contribution >= 4 is 0 Å². The van der Waals surface area contributed by atoms with Gasteiger partial charge in [-0.25, -0.2) is 0 Å². The molecule has 3 N–H and O–H groups in total. The van der Waals surface area contributed by atoms with Gasteiger partial charge in [-0.2, -0.15) is 0 Å². The van der Waals surface area contributed by atoms with Crippen molar-refractivity contribution in [2.75, 3.05) is 26.7 Å². The molecule has 0 aromatic rings. The van der Waals surface area contributed by atoms with Crippen molar-refractivity contribution in [1.29, 1.82) is 0 Å². The van der Waals surface area contributed by atoms with Gasteiger partial charge < -0.3 is 15.7 Å². The van der Waals surface area contributed by atoms with Crippen LogP contribution in [0.15, 0.2) is 0 Å². The highest BCUT2D eigenvalue weighted by Gasteiger charge is 2.23. The molecule has 11 heavy (non-hydrogen) atoms. The fourth-order valence-electron chi connectivity index (χ4n) is 1.27. The molecule has 3 heteroatoms. The molecule has 0 amide bonds. The van der Waals surface area contributed by atoms with Crippen molar-refractivity contribution in [2.24, 2.45) is 11.7 Å². The molecule has 1 saturated carbocycles. The van der Waals surface area contributed by atoms with Crippen molar-refractivity contribution in [1.82, 2.24) is 4.90 Å². The van der Waals surface area contributed by atoms with Gasteiger partial charge in [0.05, 0.1) is 6.61 Å². The number of nitrogens with two attached hydrogens (primary N) is 1. The molecule has 66 valence electrons. The van der Waals surface area contributed by atoms with Gasteiger partial charge in [0.15, 0.2) is 0 Å². The summed E-state index contributed by atoms with van der Waals surface area (Å²) >= 11 is 0. The molecule has 0 heterocycles. The van der Waals surface area contributed by atoms with Crippen molar-refractivity contribution in [3.05, 3.63) is 0 Å². The second-order valence-electron chi connectivity index (χ2n) is 3.61. The second-order valence-corrected chi connectivity index (χ2v) is 3.61. The zero-order chi connectivity index (χ0) is 8.27. The lowest BCUT2D eigenvalue weighted by Crippen LogP contribution is -2.38. The Labute approximate surface area is 68.2 Å². The van der Waals surface area contributed by atoms with Crippen molar-refractivity contribution in [3.8, 4) is 0 Å². The van der Waals surface area contributed by atoms with E-state index < -0.39 is 0 Å². The van der Waals surface area contributed by atoms with E-state index in [-0.39, 0.29) is 12.6 Å². The topological polar surface area (TPSA) is 49.5 Å². The van der Waals surface area contributed by atoms with E-state index in [1.54, 1.807) is 0 Å². The molecule has 0 radical (unpaired) electrons. The van der Waals surface area contributed by atoms with Crippen LogP contribution in [0.2, 0.25) is 0 Å². The average Bonchev–Trinajstić information content (AvgIpc) is 2.71. The van der Waals surface area contributed by atoms with E-state index in [1.165, 1.54) is 12.8 Å². The quantitative estimate of drug-likeness (QED) is 0.575. The number of aliphatic hydroxyl groups excluding tert-OH is 1. The Kier molecular flexibility index (Phi) is 3.30. The molecule has 0 aliphatic heterocycles. The average molecular weight is 158 g/mol. The summed E-state index contributed by atoms with van der Waals surface area (Å²) in [5.74, 6) is 0.908. The first kappa shape index (κ1) is 8.97. The molecule has 0 bridgehead atoms. The highest BCUT2D eigenvalue weighted by molar-refractivity contribution is 4.77. The molecular formula is C8H18N2O. The van der Waals surface area contributed by atoms with Gasteiger partial charge >= 0.3 is 0 Å². The highest BCUT2D eigenvalue weighted by atomic mass is 16.3. The lowest BCUT2D eigenvalue weighted by molar-refractivity contribution is 0.218. The van der Waals surface area contributed by atoms with E-state index in [1.807, 2.05) is 0 Å². The van der Waals surface area contributed by atoms with Crippen LogP contribution in [-0.2, 0) is 0 Å². The van der Waals surface area contributed by atoms with Crippen LogP contribution in [0.1, 0.15) is 12.8 Å². The first-order chi connectivity index (χ1) is 5.22. The van der Waals surface area contributed by atoms with Gasteiger partial charge in [0.2, 0.25) is 0 Å². The predicted molar refractivity (Wildman–Crippen MR) is 45.3 cm³/mol. The zero-order valence-corrected chi connectivity index (χ0v) is 7.16. The molecule has 3 nitrogen and oxygen atoms in total. The van der Waals surface area contributed by atoms with Crippen LogP contribution in [0.4, 0.5) is 0 Å². The molecule has 1 fully saturated rings. The summed E-state index contributed by atoms with van der Waals surface area (Å²) in [5, 5.41) is 8.68. The van der Waals surface area contributed by atoms with Gasteiger partial charge in [0, 0.05) is 19.1 Å². The molecule has 0 aromatic heterocycles. The largest absolute Gasteiger partial charge is 0.395 e. The zero-order valence-electron chi connectivity index (χ0n) is 7.16. The van der Waals surface area contributed by atoms with Gasteiger partial charge in [-0.3, -0.25) is 0 Å². The molecule has 0 aromatic carbocycles. The van der Waals surface area contributed by atoms with Crippen LogP contribution in [0.5, 0.6) is 0 Å². The van der Waals surface area contributed by atoms with E-state index in [0.717, 1.165) is 19.0 Å². The van der Waals surface area contributed by atoms with E-state index in [9.17, 15) is 0 Å². The third-order valence-corrected chi connectivity index (χ3v) is 2.05. The summed E-state index contributed by atoms with van der Waals surface area (Å²) in [5.41, 5.74) is 5.58. The SMILES string of the molecule is CN(CC(N)CO)CC1CC1.